The van der Waals surface area contributed by atoms with Crippen LogP contribution in [0, 0.1) is 22.0 Å². The van der Waals surface area contributed by atoms with Crippen LogP contribution in [0.5, 0.6) is 0 Å². The molecule has 1 aliphatic heterocycles. The number of nitrogens with zero attached hydrogens (tertiary/aromatic N) is 3. The molecule has 1 aromatic carbocycles. The zero-order valence-electron chi connectivity index (χ0n) is 14.4. The number of aliphatic hydroxyl groups is 1. The van der Waals surface area contributed by atoms with E-state index in [1.165, 1.54) is 12.1 Å². The van der Waals surface area contributed by atoms with Crippen LogP contribution in [-0.2, 0) is 11.2 Å². The number of amides is 1. The van der Waals surface area contributed by atoms with E-state index in [4.69, 9.17) is 0 Å². The van der Waals surface area contributed by atoms with Gasteiger partial charge in [0.15, 0.2) is 0 Å². The quantitative estimate of drug-likeness (QED) is 0.639. The van der Waals surface area contributed by atoms with Gasteiger partial charge in [0.25, 0.3) is 11.4 Å². The van der Waals surface area contributed by atoms with Crippen molar-refractivity contribution in [2.24, 2.45) is 16.9 Å². The molecule has 1 heterocycles. The molecule has 27 heavy (non-hydrogen) atoms. The predicted molar refractivity (Wildman–Crippen MR) is 88.6 cm³/mol. The minimum absolute atomic E-state index is 0.0208. The fourth-order valence-corrected chi connectivity index (χ4v) is 3.64. The maximum Gasteiger partial charge on any atom is 0.439 e. The Morgan fingerprint density at radius 3 is 2.59 bits per heavy atom. The molecule has 146 valence electrons. The molecule has 1 saturated carbocycles. The van der Waals surface area contributed by atoms with E-state index in [1.807, 2.05) is 0 Å². The summed E-state index contributed by atoms with van der Waals surface area (Å²) in [6.07, 6.45) is -4.49. The SMILES string of the molecule is C[C@@H]1CCC2=NN(C(=O)Cc3ccc([N+](=O)[O-])cc3)[C@](O)(C(F)(F)F)[C@H]2C1. The molecule has 3 atom stereocenters. The highest BCUT2D eigenvalue weighted by atomic mass is 19.4. The third-order valence-corrected chi connectivity index (χ3v) is 5.13. The van der Waals surface area contributed by atoms with E-state index in [9.17, 15) is 33.2 Å². The first-order valence-corrected chi connectivity index (χ1v) is 8.47. The molecule has 1 aromatic rings. The lowest BCUT2D eigenvalue weighted by molar-refractivity contribution is -0.384. The molecule has 0 aromatic heterocycles. The van der Waals surface area contributed by atoms with Gasteiger partial charge in [-0.1, -0.05) is 19.1 Å². The summed E-state index contributed by atoms with van der Waals surface area (Å²) in [4.78, 5) is 22.6. The van der Waals surface area contributed by atoms with Gasteiger partial charge in [0.2, 0.25) is 5.91 Å². The van der Waals surface area contributed by atoms with E-state index >= 15 is 0 Å². The molecule has 7 nitrogen and oxygen atoms in total. The third-order valence-electron chi connectivity index (χ3n) is 5.13. The molecule has 1 N–H and O–H groups in total. The lowest BCUT2D eigenvalue weighted by Crippen LogP contribution is -2.62. The Labute approximate surface area is 152 Å². The van der Waals surface area contributed by atoms with Crippen LogP contribution in [0.3, 0.4) is 0 Å². The van der Waals surface area contributed by atoms with E-state index in [-0.39, 0.29) is 28.7 Å². The number of hydrogen-bond acceptors (Lipinski definition) is 5. The first kappa shape index (κ1) is 19.3. The number of benzene rings is 1. The second kappa shape index (κ2) is 6.59. The van der Waals surface area contributed by atoms with E-state index in [1.54, 1.807) is 6.92 Å². The topological polar surface area (TPSA) is 96.0 Å². The Balaban J connectivity index is 1.87. The number of rotatable bonds is 3. The van der Waals surface area contributed by atoms with Crippen molar-refractivity contribution < 1.29 is 28.0 Å². The number of hydrazone groups is 1. The van der Waals surface area contributed by atoms with Gasteiger partial charge in [0.1, 0.15) is 0 Å². The van der Waals surface area contributed by atoms with Crippen molar-refractivity contribution >= 4 is 17.3 Å². The number of alkyl halides is 3. The number of fused-ring (bicyclic) bond motifs is 1. The van der Waals surface area contributed by atoms with Gasteiger partial charge < -0.3 is 5.11 Å². The average Bonchev–Trinajstić information content (AvgIpc) is 2.89. The number of nitro benzene ring substituents is 1. The lowest BCUT2D eigenvalue weighted by Gasteiger charge is -2.39. The zero-order chi connectivity index (χ0) is 20.0. The summed E-state index contributed by atoms with van der Waals surface area (Å²) in [6, 6.07) is 4.91. The second-order valence-corrected chi connectivity index (χ2v) is 7.05. The monoisotopic (exact) mass is 385 g/mol. The number of hydrogen-bond donors (Lipinski definition) is 1. The van der Waals surface area contributed by atoms with Crippen molar-refractivity contribution in [2.45, 2.75) is 44.5 Å². The van der Waals surface area contributed by atoms with Gasteiger partial charge in [-0.05, 0) is 30.7 Å². The van der Waals surface area contributed by atoms with Gasteiger partial charge in [-0.3, -0.25) is 14.9 Å². The van der Waals surface area contributed by atoms with Gasteiger partial charge >= 0.3 is 6.18 Å². The molecular weight excluding hydrogens is 367 g/mol. The first-order valence-electron chi connectivity index (χ1n) is 8.47. The van der Waals surface area contributed by atoms with Crippen molar-refractivity contribution in [3.8, 4) is 0 Å². The smallest absolute Gasteiger partial charge is 0.362 e. The average molecular weight is 385 g/mol. The molecule has 2 aliphatic rings. The molecule has 0 saturated heterocycles. The number of halogens is 3. The fraction of sp³-hybridized carbons (Fsp3) is 0.529. The van der Waals surface area contributed by atoms with E-state index in [2.05, 4.69) is 5.10 Å². The Bertz CT molecular complexity index is 794. The third kappa shape index (κ3) is 3.29. The summed E-state index contributed by atoms with van der Waals surface area (Å²) >= 11 is 0. The number of non-ortho nitro benzene ring substituents is 1. The molecule has 3 rings (SSSR count). The predicted octanol–water partition coefficient (Wildman–Crippen LogP) is 3.02. The van der Waals surface area contributed by atoms with Gasteiger partial charge in [-0.2, -0.15) is 23.3 Å². The van der Waals surface area contributed by atoms with Gasteiger partial charge in [0.05, 0.1) is 17.3 Å². The highest BCUT2D eigenvalue weighted by Crippen LogP contribution is 2.49. The maximum absolute atomic E-state index is 13.7. The van der Waals surface area contributed by atoms with E-state index in [0.717, 1.165) is 12.1 Å². The molecule has 0 bridgehead atoms. The fourth-order valence-electron chi connectivity index (χ4n) is 3.64. The zero-order valence-corrected chi connectivity index (χ0v) is 14.4. The van der Waals surface area contributed by atoms with Crippen LogP contribution in [0.25, 0.3) is 0 Å². The van der Waals surface area contributed by atoms with Crippen molar-refractivity contribution in [1.29, 1.82) is 0 Å². The van der Waals surface area contributed by atoms with Gasteiger partial charge in [-0.25, -0.2) is 0 Å². The van der Waals surface area contributed by atoms with Crippen LogP contribution in [-0.4, -0.2) is 38.6 Å². The molecule has 1 fully saturated rings. The standard InChI is InChI=1S/C17H18F3N3O4/c1-10-2-7-14-13(8-10)16(25,17(18,19)20)22(21-14)15(24)9-11-3-5-12(6-4-11)23(26)27/h3-6,10,13,25H,2,7-9H2,1H3/t10-,13+,16-/m1/s1. The van der Waals surface area contributed by atoms with Gasteiger partial charge in [0, 0.05) is 17.8 Å². The van der Waals surface area contributed by atoms with Crippen LogP contribution in [0.4, 0.5) is 18.9 Å². The molecule has 10 heteroatoms. The maximum atomic E-state index is 13.7. The molecule has 0 spiro atoms. The van der Waals surface area contributed by atoms with E-state index in [0.29, 0.717) is 18.4 Å². The minimum Gasteiger partial charge on any atom is -0.362 e. The van der Waals surface area contributed by atoms with Crippen molar-refractivity contribution in [2.75, 3.05) is 0 Å². The Kier molecular flexibility index (Phi) is 4.71. The molecule has 1 amide bonds. The lowest BCUT2D eigenvalue weighted by atomic mass is 9.76. The van der Waals surface area contributed by atoms with Crippen molar-refractivity contribution in [1.82, 2.24) is 5.01 Å². The molecule has 0 radical (unpaired) electrons. The molecular formula is C17H18F3N3O4. The van der Waals surface area contributed by atoms with Gasteiger partial charge in [-0.15, -0.1) is 0 Å². The molecule has 1 aliphatic carbocycles. The summed E-state index contributed by atoms with van der Waals surface area (Å²) in [5, 5.41) is 25.2. The van der Waals surface area contributed by atoms with Crippen LogP contribution >= 0.6 is 0 Å². The largest absolute Gasteiger partial charge is 0.439 e. The van der Waals surface area contributed by atoms with E-state index < -0.39 is 35.1 Å². The summed E-state index contributed by atoms with van der Waals surface area (Å²) < 4.78 is 41.2. The summed E-state index contributed by atoms with van der Waals surface area (Å²) in [6.45, 7) is 1.80. The van der Waals surface area contributed by atoms with Crippen molar-refractivity contribution in [3.63, 3.8) is 0 Å². The number of carbonyl (C=O) groups excluding carboxylic acids is 1. The Hall–Kier alpha value is -2.49. The minimum atomic E-state index is -5.06. The Morgan fingerprint density at radius 2 is 2.04 bits per heavy atom. The van der Waals surface area contributed by atoms with Crippen LogP contribution < -0.4 is 0 Å². The number of nitro groups is 1. The highest BCUT2D eigenvalue weighted by molar-refractivity contribution is 5.93. The normalized spacial score (nSPS) is 27.9. The first-order chi connectivity index (χ1) is 12.5. The molecule has 0 unspecified atom stereocenters. The Morgan fingerprint density at radius 1 is 1.41 bits per heavy atom. The van der Waals surface area contributed by atoms with Crippen LogP contribution in [0.15, 0.2) is 29.4 Å². The number of carbonyl (C=O) groups is 1. The van der Waals surface area contributed by atoms with Crippen molar-refractivity contribution in [3.05, 3.63) is 39.9 Å². The summed E-state index contributed by atoms with van der Waals surface area (Å²) in [7, 11) is 0. The summed E-state index contributed by atoms with van der Waals surface area (Å²) in [5.74, 6) is -2.31. The highest BCUT2D eigenvalue weighted by Gasteiger charge is 2.68. The summed E-state index contributed by atoms with van der Waals surface area (Å²) in [5.41, 5.74) is -3.09. The van der Waals surface area contributed by atoms with Crippen LogP contribution in [0.2, 0.25) is 0 Å². The second-order valence-electron chi connectivity index (χ2n) is 7.05. The van der Waals surface area contributed by atoms with Crippen LogP contribution in [0.1, 0.15) is 31.7 Å².